The molecule has 0 aromatic heterocycles. The van der Waals surface area contributed by atoms with E-state index in [1.807, 2.05) is 30.3 Å². The van der Waals surface area contributed by atoms with Crippen LogP contribution in [0.15, 0.2) is 42.5 Å². The highest BCUT2D eigenvalue weighted by molar-refractivity contribution is 6.36. The van der Waals surface area contributed by atoms with E-state index in [4.69, 9.17) is 38.4 Å². The summed E-state index contributed by atoms with van der Waals surface area (Å²) in [6, 6.07) is 12.7. The third-order valence-electron chi connectivity index (χ3n) is 2.38. The molecule has 5 heteroatoms. The van der Waals surface area contributed by atoms with Crippen LogP contribution in [0.25, 0.3) is 0 Å². The number of benzene rings is 2. The lowest BCUT2D eigenvalue weighted by molar-refractivity contribution is 0.218. The Balaban J connectivity index is 1.86. The summed E-state index contributed by atoms with van der Waals surface area (Å²) >= 11 is 11.8. The molecule has 2 rings (SSSR count). The molecule has 3 nitrogen and oxygen atoms in total. The van der Waals surface area contributed by atoms with Crippen molar-refractivity contribution in [3.63, 3.8) is 0 Å². The van der Waals surface area contributed by atoms with Gasteiger partial charge in [0, 0.05) is 5.02 Å². The van der Waals surface area contributed by atoms with Crippen LogP contribution in [0.4, 0.5) is 5.69 Å². The third-order valence-corrected chi connectivity index (χ3v) is 2.88. The maximum Gasteiger partial charge on any atom is 0.161 e. The van der Waals surface area contributed by atoms with Gasteiger partial charge < -0.3 is 15.2 Å². The molecule has 2 aromatic rings. The Kier molecular flexibility index (Phi) is 4.77. The summed E-state index contributed by atoms with van der Waals surface area (Å²) in [6.07, 6.45) is 0. The molecule has 100 valence electrons. The average Bonchev–Trinajstić information content (AvgIpc) is 2.38. The van der Waals surface area contributed by atoms with Crippen LogP contribution in [0.3, 0.4) is 0 Å². The van der Waals surface area contributed by atoms with Crippen molar-refractivity contribution in [3.05, 3.63) is 52.5 Å². The molecule has 0 aliphatic carbocycles. The molecular weight excluding hydrogens is 285 g/mol. The lowest BCUT2D eigenvalue weighted by Gasteiger charge is -2.11. The standard InChI is InChI=1S/C14H13Cl2NO2/c15-10-8-12(16)14(13(17)9-10)19-7-6-18-11-4-2-1-3-5-11/h1-5,8-9H,6-7,17H2. The number of anilines is 1. The lowest BCUT2D eigenvalue weighted by Crippen LogP contribution is -2.10. The summed E-state index contributed by atoms with van der Waals surface area (Å²) in [5.74, 6) is 1.23. The van der Waals surface area contributed by atoms with E-state index in [0.29, 0.717) is 34.7 Å². The number of para-hydroxylation sites is 1. The van der Waals surface area contributed by atoms with Gasteiger partial charge >= 0.3 is 0 Å². The van der Waals surface area contributed by atoms with E-state index in [0.717, 1.165) is 5.75 Å². The first-order chi connectivity index (χ1) is 9.16. The fourth-order valence-corrected chi connectivity index (χ4v) is 2.12. The second-order valence-corrected chi connectivity index (χ2v) is 4.66. The molecule has 2 aromatic carbocycles. The van der Waals surface area contributed by atoms with Crippen molar-refractivity contribution in [3.8, 4) is 11.5 Å². The molecule has 0 saturated carbocycles. The molecule has 0 unspecified atom stereocenters. The van der Waals surface area contributed by atoms with Crippen LogP contribution in [0, 0.1) is 0 Å². The quantitative estimate of drug-likeness (QED) is 0.669. The van der Waals surface area contributed by atoms with Crippen LogP contribution in [0.5, 0.6) is 11.5 Å². The Hall–Kier alpha value is -1.58. The zero-order chi connectivity index (χ0) is 13.7. The molecule has 0 spiro atoms. The molecule has 0 aliphatic heterocycles. The van der Waals surface area contributed by atoms with Gasteiger partial charge in [-0.05, 0) is 24.3 Å². The minimum Gasteiger partial charge on any atom is -0.490 e. The zero-order valence-corrected chi connectivity index (χ0v) is 11.6. The van der Waals surface area contributed by atoms with Gasteiger partial charge in [0.15, 0.2) is 5.75 Å². The van der Waals surface area contributed by atoms with Gasteiger partial charge in [-0.1, -0.05) is 41.4 Å². The summed E-state index contributed by atoms with van der Waals surface area (Å²) in [6.45, 7) is 0.753. The normalized spacial score (nSPS) is 10.2. The van der Waals surface area contributed by atoms with Crippen molar-refractivity contribution < 1.29 is 9.47 Å². The first kappa shape index (κ1) is 13.8. The number of ether oxygens (including phenoxy) is 2. The predicted molar refractivity (Wildman–Crippen MR) is 78.3 cm³/mol. The first-order valence-corrected chi connectivity index (χ1v) is 6.47. The van der Waals surface area contributed by atoms with Gasteiger partial charge in [0.2, 0.25) is 0 Å². The maximum absolute atomic E-state index is 6.00. The summed E-state index contributed by atoms with van der Waals surface area (Å²) < 4.78 is 11.0. The number of rotatable bonds is 5. The molecular formula is C14H13Cl2NO2. The van der Waals surface area contributed by atoms with Gasteiger partial charge in [-0.3, -0.25) is 0 Å². The molecule has 0 fully saturated rings. The number of nitrogen functional groups attached to an aromatic ring is 1. The van der Waals surface area contributed by atoms with E-state index in [1.165, 1.54) is 0 Å². The van der Waals surface area contributed by atoms with E-state index >= 15 is 0 Å². The van der Waals surface area contributed by atoms with Gasteiger partial charge in [0.05, 0.1) is 10.7 Å². The molecule has 0 heterocycles. The fraction of sp³-hybridized carbons (Fsp3) is 0.143. The monoisotopic (exact) mass is 297 g/mol. The molecule has 0 radical (unpaired) electrons. The van der Waals surface area contributed by atoms with Gasteiger partial charge in [-0.25, -0.2) is 0 Å². The maximum atomic E-state index is 6.00. The molecule has 0 aliphatic rings. The minimum absolute atomic E-state index is 0.348. The van der Waals surface area contributed by atoms with Gasteiger partial charge in [0.1, 0.15) is 19.0 Å². The van der Waals surface area contributed by atoms with Gasteiger partial charge in [0.25, 0.3) is 0 Å². The minimum atomic E-state index is 0.348. The molecule has 2 N–H and O–H groups in total. The summed E-state index contributed by atoms with van der Waals surface area (Å²) in [5, 5.41) is 0.875. The van der Waals surface area contributed by atoms with E-state index in [2.05, 4.69) is 0 Å². The Bertz CT molecular complexity index is 523. The lowest BCUT2D eigenvalue weighted by atomic mass is 10.3. The number of hydrogen-bond donors (Lipinski definition) is 1. The van der Waals surface area contributed by atoms with Crippen molar-refractivity contribution in [1.82, 2.24) is 0 Å². The molecule has 0 bridgehead atoms. The van der Waals surface area contributed by atoms with Crippen LogP contribution < -0.4 is 15.2 Å². The predicted octanol–water partition coefficient (Wildman–Crippen LogP) is 4.03. The molecule has 0 saturated heterocycles. The van der Waals surface area contributed by atoms with Crippen molar-refractivity contribution in [2.24, 2.45) is 0 Å². The highest BCUT2D eigenvalue weighted by atomic mass is 35.5. The van der Waals surface area contributed by atoms with Crippen molar-refractivity contribution in [2.45, 2.75) is 0 Å². The average molecular weight is 298 g/mol. The Morgan fingerprint density at radius 2 is 1.63 bits per heavy atom. The Labute approximate surface area is 121 Å². The van der Waals surface area contributed by atoms with Crippen LogP contribution in [0.1, 0.15) is 0 Å². The van der Waals surface area contributed by atoms with Crippen LogP contribution in [-0.2, 0) is 0 Å². The molecule has 19 heavy (non-hydrogen) atoms. The smallest absolute Gasteiger partial charge is 0.161 e. The fourth-order valence-electron chi connectivity index (χ4n) is 1.55. The largest absolute Gasteiger partial charge is 0.490 e. The van der Waals surface area contributed by atoms with Gasteiger partial charge in [-0.2, -0.15) is 0 Å². The third kappa shape index (κ3) is 3.94. The highest BCUT2D eigenvalue weighted by Gasteiger charge is 2.08. The zero-order valence-electron chi connectivity index (χ0n) is 10.1. The Morgan fingerprint density at radius 3 is 2.32 bits per heavy atom. The highest BCUT2D eigenvalue weighted by Crippen LogP contribution is 2.34. The van der Waals surface area contributed by atoms with Crippen molar-refractivity contribution in [1.29, 1.82) is 0 Å². The number of hydrogen-bond acceptors (Lipinski definition) is 3. The molecule has 0 amide bonds. The second-order valence-electron chi connectivity index (χ2n) is 3.82. The number of halogens is 2. The van der Waals surface area contributed by atoms with Gasteiger partial charge in [-0.15, -0.1) is 0 Å². The molecule has 0 atom stereocenters. The van der Waals surface area contributed by atoms with Crippen molar-refractivity contribution >= 4 is 28.9 Å². The Morgan fingerprint density at radius 1 is 0.947 bits per heavy atom. The van der Waals surface area contributed by atoms with Crippen LogP contribution in [0.2, 0.25) is 10.0 Å². The van der Waals surface area contributed by atoms with E-state index < -0.39 is 0 Å². The van der Waals surface area contributed by atoms with E-state index in [1.54, 1.807) is 12.1 Å². The van der Waals surface area contributed by atoms with E-state index in [-0.39, 0.29) is 0 Å². The SMILES string of the molecule is Nc1cc(Cl)cc(Cl)c1OCCOc1ccccc1. The van der Waals surface area contributed by atoms with Crippen molar-refractivity contribution in [2.75, 3.05) is 18.9 Å². The summed E-state index contributed by atoms with van der Waals surface area (Å²) in [5.41, 5.74) is 6.19. The topological polar surface area (TPSA) is 44.5 Å². The van der Waals surface area contributed by atoms with Crippen LogP contribution >= 0.6 is 23.2 Å². The van der Waals surface area contributed by atoms with E-state index in [9.17, 15) is 0 Å². The summed E-state index contributed by atoms with van der Waals surface area (Å²) in [4.78, 5) is 0. The first-order valence-electron chi connectivity index (χ1n) is 5.72. The number of nitrogens with two attached hydrogens (primary N) is 1. The second kappa shape index (κ2) is 6.55. The summed E-state index contributed by atoms with van der Waals surface area (Å²) in [7, 11) is 0. The van der Waals surface area contributed by atoms with Crippen LogP contribution in [-0.4, -0.2) is 13.2 Å².